The van der Waals surface area contributed by atoms with Crippen LogP contribution in [0.2, 0.25) is 0 Å². The summed E-state index contributed by atoms with van der Waals surface area (Å²) in [6.07, 6.45) is 46.9. The predicted octanol–water partition coefficient (Wildman–Crippen LogP) is 13.4. The van der Waals surface area contributed by atoms with Gasteiger partial charge in [-0.05, 0) is 25.7 Å². The van der Waals surface area contributed by atoms with Crippen LogP contribution < -0.4 is 0 Å². The lowest BCUT2D eigenvalue weighted by atomic mass is 10.0. The van der Waals surface area contributed by atoms with Gasteiger partial charge in [0, 0.05) is 0 Å². The van der Waals surface area contributed by atoms with Crippen LogP contribution in [0.3, 0.4) is 0 Å². The molecule has 0 amide bonds. The van der Waals surface area contributed by atoms with Gasteiger partial charge in [0.2, 0.25) is 0 Å². The third-order valence-electron chi connectivity index (χ3n) is 10.4. The van der Waals surface area contributed by atoms with Gasteiger partial charge >= 0.3 is 0 Å². The Bertz CT molecular complexity index is 462. The van der Waals surface area contributed by atoms with Crippen LogP contribution in [0.1, 0.15) is 219 Å². The van der Waals surface area contributed by atoms with Gasteiger partial charge in [-0.1, -0.05) is 194 Å². The van der Waals surface area contributed by atoms with Gasteiger partial charge in [0.25, 0.3) is 0 Å². The lowest BCUT2D eigenvalue weighted by Crippen LogP contribution is -2.56. The highest BCUT2D eigenvalue weighted by Gasteiger charge is 2.29. The van der Waals surface area contributed by atoms with Crippen molar-refractivity contribution < 1.29 is 9.22 Å². The topological polar surface area (TPSA) is 9.23 Å². The van der Waals surface area contributed by atoms with E-state index in [1.165, 1.54) is 236 Å². The number of nitrogens with zero attached hydrogens (tertiary/aromatic N) is 1. The maximum atomic E-state index is 5.77. The van der Waals surface area contributed by atoms with Crippen molar-refractivity contribution >= 4 is 0 Å². The minimum atomic E-state index is 0.998. The number of hydrogen-bond acceptors (Lipinski definition) is 1. The van der Waals surface area contributed by atoms with Gasteiger partial charge in [0.05, 0.1) is 26.3 Å². The molecule has 0 aliphatic carbocycles. The molecule has 1 saturated heterocycles. The van der Waals surface area contributed by atoms with Gasteiger partial charge in [0.15, 0.2) is 0 Å². The normalized spacial score (nSPS) is 15.0. The van der Waals surface area contributed by atoms with E-state index in [0.717, 1.165) is 13.2 Å². The molecule has 42 heavy (non-hydrogen) atoms. The lowest BCUT2D eigenvalue weighted by molar-refractivity contribution is -0.935. The van der Waals surface area contributed by atoms with Crippen molar-refractivity contribution in [2.24, 2.45) is 0 Å². The Labute approximate surface area is 267 Å². The van der Waals surface area contributed by atoms with E-state index in [-0.39, 0.29) is 0 Å². The lowest BCUT2D eigenvalue weighted by Gasteiger charge is -2.41. The molecule has 0 saturated carbocycles. The van der Waals surface area contributed by atoms with Crippen LogP contribution in [-0.4, -0.2) is 43.9 Å². The molecular weight excluding hydrogens is 510 g/mol. The summed E-state index contributed by atoms with van der Waals surface area (Å²) in [4.78, 5) is 0. The van der Waals surface area contributed by atoms with Gasteiger partial charge in [-0.3, -0.25) is 0 Å². The molecule has 0 atom stereocenters. The van der Waals surface area contributed by atoms with E-state index < -0.39 is 0 Å². The molecule has 0 spiro atoms. The van der Waals surface area contributed by atoms with Gasteiger partial charge in [-0.2, -0.15) is 0 Å². The smallest absolute Gasteiger partial charge is 0.102 e. The molecule has 0 aromatic heterocycles. The second-order valence-corrected chi connectivity index (χ2v) is 14.5. The van der Waals surface area contributed by atoms with E-state index in [9.17, 15) is 0 Å². The maximum absolute atomic E-state index is 5.77. The largest absolute Gasteiger partial charge is 0.370 e. The monoisotopic (exact) mass is 593 g/mol. The van der Waals surface area contributed by atoms with Gasteiger partial charge < -0.3 is 9.22 Å². The Balaban J connectivity index is 1.90. The Morgan fingerprint density at radius 1 is 0.310 bits per heavy atom. The Morgan fingerprint density at radius 3 is 0.762 bits per heavy atom. The van der Waals surface area contributed by atoms with Crippen molar-refractivity contribution in [3.05, 3.63) is 0 Å². The average molecular weight is 593 g/mol. The maximum Gasteiger partial charge on any atom is 0.102 e. The first-order chi connectivity index (χ1) is 20.8. The van der Waals surface area contributed by atoms with E-state index in [2.05, 4.69) is 13.8 Å². The summed E-state index contributed by atoms with van der Waals surface area (Å²) < 4.78 is 7.15. The molecule has 0 aromatic carbocycles. The first-order valence-electron chi connectivity index (χ1n) is 20.3. The number of unbranched alkanes of at least 4 members (excludes halogenated alkanes) is 30. The number of rotatable bonds is 34. The van der Waals surface area contributed by atoms with Crippen LogP contribution in [0.25, 0.3) is 0 Å². The molecule has 1 rings (SSSR count). The van der Waals surface area contributed by atoms with E-state index in [1.807, 2.05) is 0 Å². The summed E-state index contributed by atoms with van der Waals surface area (Å²) in [7, 11) is 0. The van der Waals surface area contributed by atoms with Crippen LogP contribution in [-0.2, 0) is 4.74 Å². The number of quaternary nitrogens is 1. The Hall–Kier alpha value is -0.0800. The zero-order valence-electron chi connectivity index (χ0n) is 29.7. The van der Waals surface area contributed by atoms with Gasteiger partial charge in [-0.25, -0.2) is 0 Å². The highest BCUT2D eigenvalue weighted by Crippen LogP contribution is 2.19. The zero-order chi connectivity index (χ0) is 30.1. The first kappa shape index (κ1) is 39.9. The van der Waals surface area contributed by atoms with Crippen LogP contribution in [0.5, 0.6) is 0 Å². The molecule has 0 radical (unpaired) electrons. The number of ether oxygens (including phenoxy) is 1. The standard InChI is InChI=1S/C40H82NO/c1-3-5-7-9-11-13-15-17-19-21-23-25-27-29-31-33-35-41(37-39-42-40-38-41)36-34-32-30-28-26-24-22-20-18-16-14-12-10-8-6-4-2/h3-40H2,1-2H3/q+1. The van der Waals surface area contributed by atoms with Gasteiger partial charge in [-0.15, -0.1) is 0 Å². The van der Waals surface area contributed by atoms with Crippen molar-refractivity contribution in [3.8, 4) is 0 Å². The summed E-state index contributed by atoms with van der Waals surface area (Å²) >= 11 is 0. The number of hydrogen-bond donors (Lipinski definition) is 0. The van der Waals surface area contributed by atoms with Crippen LogP contribution in [0.4, 0.5) is 0 Å². The van der Waals surface area contributed by atoms with E-state index in [4.69, 9.17) is 4.74 Å². The minimum absolute atomic E-state index is 0.998. The minimum Gasteiger partial charge on any atom is -0.370 e. The third kappa shape index (κ3) is 26.3. The molecule has 252 valence electrons. The van der Waals surface area contributed by atoms with E-state index in [1.54, 1.807) is 0 Å². The fraction of sp³-hybridized carbons (Fsp3) is 1.00. The molecule has 1 heterocycles. The van der Waals surface area contributed by atoms with E-state index >= 15 is 0 Å². The van der Waals surface area contributed by atoms with Crippen molar-refractivity contribution in [1.82, 2.24) is 0 Å². The molecule has 0 N–H and O–H groups in total. The predicted molar refractivity (Wildman–Crippen MR) is 190 cm³/mol. The molecule has 2 heteroatoms. The Morgan fingerprint density at radius 2 is 0.524 bits per heavy atom. The zero-order valence-corrected chi connectivity index (χ0v) is 29.7. The molecule has 0 aromatic rings. The highest BCUT2D eigenvalue weighted by atomic mass is 16.5. The average Bonchev–Trinajstić information content (AvgIpc) is 3.01. The molecule has 2 nitrogen and oxygen atoms in total. The fourth-order valence-corrected chi connectivity index (χ4v) is 7.28. The molecule has 0 bridgehead atoms. The molecule has 0 unspecified atom stereocenters. The van der Waals surface area contributed by atoms with Crippen molar-refractivity contribution in [2.45, 2.75) is 219 Å². The molecule has 1 aliphatic heterocycles. The second-order valence-electron chi connectivity index (χ2n) is 14.5. The van der Waals surface area contributed by atoms with Crippen LogP contribution in [0.15, 0.2) is 0 Å². The first-order valence-corrected chi connectivity index (χ1v) is 20.3. The summed E-state index contributed by atoms with van der Waals surface area (Å²) in [6, 6.07) is 0. The number of morpholine rings is 1. The second kappa shape index (κ2) is 32.3. The SMILES string of the molecule is CCCCCCCCCCCCCCCCCC[N+]1(CCCCCCCCCCCCCCCCCC)CCOCC1. The Kier molecular flexibility index (Phi) is 30.7. The quantitative estimate of drug-likeness (QED) is 0.0533. The fourth-order valence-electron chi connectivity index (χ4n) is 7.28. The van der Waals surface area contributed by atoms with Crippen molar-refractivity contribution in [2.75, 3.05) is 39.4 Å². The highest BCUT2D eigenvalue weighted by molar-refractivity contribution is 4.56. The summed E-state index contributed by atoms with van der Waals surface area (Å²) in [5, 5.41) is 0. The van der Waals surface area contributed by atoms with Crippen molar-refractivity contribution in [1.29, 1.82) is 0 Å². The summed E-state index contributed by atoms with van der Waals surface area (Å²) in [6.45, 7) is 12.0. The summed E-state index contributed by atoms with van der Waals surface area (Å²) in [5.74, 6) is 0. The molecule has 1 aliphatic rings. The third-order valence-corrected chi connectivity index (χ3v) is 10.4. The van der Waals surface area contributed by atoms with Crippen LogP contribution >= 0.6 is 0 Å². The molecular formula is C40H82NO+. The van der Waals surface area contributed by atoms with Gasteiger partial charge in [0.1, 0.15) is 13.1 Å². The summed E-state index contributed by atoms with van der Waals surface area (Å²) in [5.41, 5.74) is 0. The van der Waals surface area contributed by atoms with E-state index in [0.29, 0.717) is 0 Å². The van der Waals surface area contributed by atoms with Crippen molar-refractivity contribution in [3.63, 3.8) is 0 Å². The molecule has 1 fully saturated rings. The van der Waals surface area contributed by atoms with Crippen LogP contribution in [0, 0.1) is 0 Å².